The first kappa shape index (κ1) is 12.2. The third kappa shape index (κ3) is 2.58. The highest BCUT2D eigenvalue weighted by atomic mass is 79.9. The average molecular weight is 289 g/mol. The average Bonchev–Trinajstić information content (AvgIpc) is 2.23. The molecule has 0 saturated carbocycles. The summed E-state index contributed by atoms with van der Waals surface area (Å²) in [6, 6.07) is 6.77. The number of allylic oxidation sites excluding steroid dienone is 1. The fourth-order valence-electron chi connectivity index (χ4n) is 1.12. The minimum Gasteiger partial charge on any atom is -0.205 e. The Morgan fingerprint density at radius 3 is 2.80 bits per heavy atom. The summed E-state index contributed by atoms with van der Waals surface area (Å²) >= 11 is 9.01. The van der Waals surface area contributed by atoms with Crippen molar-refractivity contribution in [3.8, 4) is 6.07 Å². The van der Waals surface area contributed by atoms with E-state index in [0.717, 1.165) is 0 Å². The van der Waals surface area contributed by atoms with Crippen LogP contribution in [0.1, 0.15) is 18.9 Å². The Morgan fingerprint density at radius 1 is 1.60 bits per heavy atom. The fourth-order valence-corrected chi connectivity index (χ4v) is 1.81. The van der Waals surface area contributed by atoms with Crippen LogP contribution in [0.25, 0.3) is 5.03 Å². The third-order valence-electron chi connectivity index (χ3n) is 1.94. The molecule has 78 valence electrons. The molecule has 0 heterocycles. The zero-order chi connectivity index (χ0) is 11.4. The molecule has 0 aromatic heterocycles. The second-order valence-electron chi connectivity index (χ2n) is 2.86. The van der Waals surface area contributed by atoms with Crippen molar-refractivity contribution in [1.82, 2.24) is 0 Å². The highest BCUT2D eigenvalue weighted by Crippen LogP contribution is 2.30. The maximum absolute atomic E-state index is 13.6. The quantitative estimate of drug-likeness (QED) is 0.737. The first-order valence-corrected chi connectivity index (χ1v) is 5.52. The molecule has 15 heavy (non-hydrogen) atoms. The largest absolute Gasteiger partial charge is 0.205 e. The van der Waals surface area contributed by atoms with Gasteiger partial charge >= 0.3 is 0 Å². The van der Waals surface area contributed by atoms with Crippen molar-refractivity contribution in [2.24, 2.45) is 0 Å². The van der Waals surface area contributed by atoms with Crippen LogP contribution in [0, 0.1) is 17.1 Å². The van der Waals surface area contributed by atoms with Crippen molar-refractivity contribution < 1.29 is 4.39 Å². The first-order valence-electron chi connectivity index (χ1n) is 4.35. The van der Waals surface area contributed by atoms with Crippen molar-refractivity contribution in [3.63, 3.8) is 0 Å². The van der Waals surface area contributed by atoms with Crippen LogP contribution in [0.4, 0.5) is 4.39 Å². The van der Waals surface area contributed by atoms with E-state index >= 15 is 0 Å². The van der Waals surface area contributed by atoms with Gasteiger partial charge in [-0.25, -0.2) is 4.39 Å². The lowest BCUT2D eigenvalue weighted by molar-refractivity contribution is 0.618. The predicted molar refractivity (Wildman–Crippen MR) is 62.8 cm³/mol. The van der Waals surface area contributed by atoms with E-state index in [1.165, 1.54) is 0 Å². The monoisotopic (exact) mass is 287 g/mol. The van der Waals surface area contributed by atoms with E-state index in [4.69, 9.17) is 16.9 Å². The maximum atomic E-state index is 13.6. The van der Waals surface area contributed by atoms with Crippen LogP contribution >= 0.6 is 27.5 Å². The second kappa shape index (κ2) is 5.29. The zero-order valence-corrected chi connectivity index (χ0v) is 10.4. The van der Waals surface area contributed by atoms with Crippen molar-refractivity contribution >= 4 is 32.6 Å². The Kier molecular flexibility index (Phi) is 4.31. The van der Waals surface area contributed by atoms with Crippen LogP contribution < -0.4 is 0 Å². The van der Waals surface area contributed by atoms with Gasteiger partial charge in [-0.2, -0.15) is 5.26 Å². The lowest BCUT2D eigenvalue weighted by Crippen LogP contribution is -1.89. The van der Waals surface area contributed by atoms with Gasteiger partial charge in [0.15, 0.2) is 0 Å². The number of rotatable bonds is 2. The Morgan fingerprint density at radius 2 is 2.27 bits per heavy atom. The normalized spacial score (nSPS) is 11.9. The van der Waals surface area contributed by atoms with Crippen molar-refractivity contribution in [1.29, 1.82) is 5.26 Å². The van der Waals surface area contributed by atoms with Gasteiger partial charge in [0.1, 0.15) is 5.82 Å². The summed E-state index contributed by atoms with van der Waals surface area (Å²) in [5, 5.41) is 8.97. The van der Waals surface area contributed by atoms with Gasteiger partial charge in [0.05, 0.1) is 15.6 Å². The van der Waals surface area contributed by atoms with Crippen LogP contribution in [0.2, 0.25) is 0 Å². The lowest BCUT2D eigenvalue weighted by atomic mass is 10.1. The number of benzene rings is 1. The molecule has 0 N–H and O–H groups in total. The van der Waals surface area contributed by atoms with E-state index in [0.29, 0.717) is 16.5 Å². The Hall–Kier alpha value is -0.850. The van der Waals surface area contributed by atoms with Gasteiger partial charge < -0.3 is 0 Å². The van der Waals surface area contributed by atoms with Crippen LogP contribution in [-0.2, 0) is 0 Å². The topological polar surface area (TPSA) is 23.8 Å². The second-order valence-corrected chi connectivity index (χ2v) is 4.09. The molecular formula is C11H8BrClFN. The molecule has 1 aromatic rings. The Balaban J connectivity index is 3.35. The number of hydrogen-bond donors (Lipinski definition) is 0. The molecule has 0 radical (unpaired) electrons. The summed E-state index contributed by atoms with van der Waals surface area (Å²) in [5.41, 5.74) is 0.637. The highest BCUT2D eigenvalue weighted by Gasteiger charge is 2.12. The molecule has 1 nitrogen and oxygen atoms in total. The van der Waals surface area contributed by atoms with Gasteiger partial charge in [0.25, 0.3) is 0 Å². The van der Waals surface area contributed by atoms with E-state index in [-0.39, 0.29) is 10.6 Å². The van der Waals surface area contributed by atoms with Gasteiger partial charge in [-0.1, -0.05) is 30.7 Å². The van der Waals surface area contributed by atoms with Crippen molar-refractivity contribution in [2.75, 3.05) is 0 Å². The summed E-state index contributed by atoms with van der Waals surface area (Å²) < 4.78 is 13.9. The van der Waals surface area contributed by atoms with E-state index in [1.54, 1.807) is 25.1 Å². The van der Waals surface area contributed by atoms with E-state index < -0.39 is 5.82 Å². The maximum Gasteiger partial charge on any atom is 0.146 e. The molecule has 1 aromatic carbocycles. The molecule has 0 fully saturated rings. The summed E-state index contributed by atoms with van der Waals surface area (Å²) in [6.45, 7) is 1.80. The van der Waals surface area contributed by atoms with E-state index in [1.807, 2.05) is 6.07 Å². The van der Waals surface area contributed by atoms with Gasteiger partial charge in [0.2, 0.25) is 0 Å². The number of nitriles is 1. The molecule has 0 atom stereocenters. The van der Waals surface area contributed by atoms with Crippen LogP contribution in [0.3, 0.4) is 0 Å². The molecule has 0 aliphatic carbocycles. The molecule has 4 heteroatoms. The molecular weight excluding hydrogens is 280 g/mol. The number of hydrogen-bond acceptors (Lipinski definition) is 1. The molecule has 0 aliphatic heterocycles. The standard InChI is InChI=1S/C11H8BrClFN/c1-2-7(6-15)10(13)8-4-3-5-9(12)11(8)14/h3-5H,2H2,1H3/b10-7-. The highest BCUT2D eigenvalue weighted by molar-refractivity contribution is 9.10. The van der Waals surface area contributed by atoms with Gasteiger partial charge in [-0.15, -0.1) is 0 Å². The summed E-state index contributed by atoms with van der Waals surface area (Å²) in [7, 11) is 0. The Bertz CT molecular complexity index is 448. The first-order chi connectivity index (χ1) is 7.11. The van der Waals surface area contributed by atoms with E-state index in [2.05, 4.69) is 15.9 Å². The third-order valence-corrected chi connectivity index (χ3v) is 2.99. The molecule has 0 amide bonds. The van der Waals surface area contributed by atoms with Gasteiger partial charge in [-0.3, -0.25) is 0 Å². The molecule has 1 rings (SSSR count). The minimum atomic E-state index is -0.441. The minimum absolute atomic E-state index is 0.179. The van der Waals surface area contributed by atoms with Crippen LogP contribution in [-0.4, -0.2) is 0 Å². The van der Waals surface area contributed by atoms with E-state index in [9.17, 15) is 4.39 Å². The summed E-state index contributed by atoms with van der Waals surface area (Å²) in [4.78, 5) is 0. The van der Waals surface area contributed by atoms with Crippen molar-refractivity contribution in [2.45, 2.75) is 13.3 Å². The predicted octanol–water partition coefficient (Wildman–Crippen LogP) is 4.47. The molecule has 0 aliphatic rings. The number of halogens is 3. The molecule has 0 spiro atoms. The molecule has 0 unspecified atom stereocenters. The van der Waals surface area contributed by atoms with Gasteiger partial charge in [-0.05, 0) is 28.4 Å². The smallest absolute Gasteiger partial charge is 0.146 e. The Labute approximate surface area is 101 Å². The van der Waals surface area contributed by atoms with Crippen molar-refractivity contribution in [3.05, 3.63) is 39.6 Å². The number of nitrogens with zero attached hydrogens (tertiary/aromatic N) is 1. The SMILES string of the molecule is CC/C(C#N)=C(/Cl)c1cccc(Br)c1F. The summed E-state index contributed by atoms with van der Waals surface area (Å²) in [5.74, 6) is -0.441. The van der Waals surface area contributed by atoms with Crippen LogP contribution in [0.15, 0.2) is 28.2 Å². The fraction of sp³-hybridized carbons (Fsp3) is 0.182. The van der Waals surface area contributed by atoms with Crippen LogP contribution in [0.5, 0.6) is 0 Å². The van der Waals surface area contributed by atoms with Gasteiger partial charge in [0, 0.05) is 11.1 Å². The molecule has 0 bridgehead atoms. The zero-order valence-electron chi connectivity index (χ0n) is 8.02. The lowest BCUT2D eigenvalue weighted by Gasteiger charge is -2.04. The molecule has 0 saturated heterocycles. The summed E-state index contributed by atoms with van der Waals surface area (Å²) in [6.07, 6.45) is 0.487.